The molecule has 2 fully saturated rings. The van der Waals surface area contributed by atoms with Crippen molar-refractivity contribution < 1.29 is 23.6 Å². The molecule has 0 spiro atoms. The Labute approximate surface area is 69.9 Å². The van der Waals surface area contributed by atoms with Crippen molar-refractivity contribution >= 4 is 7.82 Å². The van der Waals surface area contributed by atoms with E-state index < -0.39 is 13.9 Å². The van der Waals surface area contributed by atoms with E-state index in [1.54, 1.807) is 0 Å². The number of hydrogen-bond donors (Lipinski definition) is 2. The summed E-state index contributed by atoms with van der Waals surface area (Å²) in [6.45, 7) is 0. The Morgan fingerprint density at radius 1 is 1.42 bits per heavy atom. The molecular formula is C6H11O5P. The highest BCUT2D eigenvalue weighted by Crippen LogP contribution is 2.46. The number of epoxide rings is 1. The maximum atomic E-state index is 10.5. The number of phosphoric acid groups is 1. The van der Waals surface area contributed by atoms with Gasteiger partial charge in [-0.2, -0.15) is 0 Å². The molecule has 1 aliphatic heterocycles. The second kappa shape index (κ2) is 2.79. The molecular weight excluding hydrogens is 183 g/mol. The van der Waals surface area contributed by atoms with Gasteiger partial charge in [0.05, 0.1) is 12.2 Å². The van der Waals surface area contributed by atoms with E-state index in [0.29, 0.717) is 6.42 Å². The maximum absolute atomic E-state index is 10.5. The van der Waals surface area contributed by atoms with Gasteiger partial charge in [-0.3, -0.25) is 4.52 Å². The van der Waals surface area contributed by atoms with E-state index in [1.807, 2.05) is 0 Å². The monoisotopic (exact) mass is 194 g/mol. The third kappa shape index (κ3) is 1.87. The van der Waals surface area contributed by atoms with Crippen LogP contribution >= 0.6 is 7.82 Å². The fourth-order valence-corrected chi connectivity index (χ4v) is 2.27. The van der Waals surface area contributed by atoms with Gasteiger partial charge in [0.2, 0.25) is 0 Å². The van der Waals surface area contributed by atoms with Crippen LogP contribution < -0.4 is 0 Å². The molecule has 2 aliphatic rings. The molecule has 3 atom stereocenters. The number of fused-ring (bicyclic) bond motifs is 1. The number of rotatable bonds is 2. The van der Waals surface area contributed by atoms with Crippen LogP contribution in [-0.2, 0) is 13.8 Å². The third-order valence-corrected chi connectivity index (χ3v) is 2.78. The SMILES string of the molecule is O=P(O)(O)OC1CCCC2OC21. The van der Waals surface area contributed by atoms with E-state index in [-0.39, 0.29) is 12.2 Å². The lowest BCUT2D eigenvalue weighted by molar-refractivity contribution is 0.0998. The molecule has 1 aliphatic carbocycles. The van der Waals surface area contributed by atoms with E-state index in [1.165, 1.54) is 0 Å². The average molecular weight is 194 g/mol. The Bertz CT molecular complexity index is 224. The summed E-state index contributed by atoms with van der Waals surface area (Å²) in [4.78, 5) is 17.1. The van der Waals surface area contributed by atoms with Gasteiger partial charge in [0.1, 0.15) is 6.10 Å². The van der Waals surface area contributed by atoms with Crippen LogP contribution in [0.25, 0.3) is 0 Å². The van der Waals surface area contributed by atoms with E-state index in [2.05, 4.69) is 4.52 Å². The second-order valence-electron chi connectivity index (χ2n) is 3.20. The van der Waals surface area contributed by atoms with Gasteiger partial charge in [0.15, 0.2) is 0 Å². The molecule has 0 radical (unpaired) electrons. The Balaban J connectivity index is 1.92. The van der Waals surface area contributed by atoms with Gasteiger partial charge in [-0.05, 0) is 19.3 Å². The normalized spacial score (nSPS) is 40.7. The summed E-state index contributed by atoms with van der Waals surface area (Å²) in [6.07, 6.45) is 2.33. The largest absolute Gasteiger partial charge is 0.469 e. The first-order chi connectivity index (χ1) is 5.56. The van der Waals surface area contributed by atoms with Gasteiger partial charge in [-0.1, -0.05) is 0 Å². The molecule has 0 aromatic rings. The summed E-state index contributed by atoms with van der Waals surface area (Å²) >= 11 is 0. The molecule has 0 aromatic carbocycles. The maximum Gasteiger partial charge on any atom is 0.469 e. The van der Waals surface area contributed by atoms with Crippen LogP contribution in [0.15, 0.2) is 0 Å². The van der Waals surface area contributed by atoms with Gasteiger partial charge >= 0.3 is 7.82 Å². The Kier molecular flexibility index (Phi) is 2.01. The minimum atomic E-state index is -4.32. The van der Waals surface area contributed by atoms with Crippen molar-refractivity contribution in [1.29, 1.82) is 0 Å². The van der Waals surface area contributed by atoms with E-state index in [4.69, 9.17) is 14.5 Å². The quantitative estimate of drug-likeness (QED) is 0.491. The fraction of sp³-hybridized carbons (Fsp3) is 1.00. The number of hydrogen-bond acceptors (Lipinski definition) is 3. The van der Waals surface area contributed by atoms with Gasteiger partial charge < -0.3 is 14.5 Å². The standard InChI is InChI=1S/C6H11O5P/c7-12(8,9)11-5-3-1-2-4-6(5)10-4/h4-6H,1-3H2,(H2,7,8,9). The van der Waals surface area contributed by atoms with Crippen LogP contribution in [0.1, 0.15) is 19.3 Å². The van der Waals surface area contributed by atoms with Crippen LogP contribution in [0.4, 0.5) is 0 Å². The Morgan fingerprint density at radius 2 is 2.17 bits per heavy atom. The molecule has 6 heteroatoms. The lowest BCUT2D eigenvalue weighted by Crippen LogP contribution is -2.24. The molecule has 1 heterocycles. The number of phosphoric ester groups is 1. The summed E-state index contributed by atoms with van der Waals surface area (Å²) < 4.78 is 20.2. The highest BCUT2D eigenvalue weighted by molar-refractivity contribution is 7.46. The number of ether oxygens (including phenoxy) is 1. The summed E-state index contributed by atoms with van der Waals surface area (Å²) in [5.74, 6) is 0. The van der Waals surface area contributed by atoms with Crippen molar-refractivity contribution in [2.45, 2.75) is 37.6 Å². The molecule has 1 saturated heterocycles. The first kappa shape index (κ1) is 8.66. The molecule has 0 bridgehead atoms. The molecule has 2 rings (SSSR count). The molecule has 0 amide bonds. The van der Waals surface area contributed by atoms with Crippen molar-refractivity contribution in [3.8, 4) is 0 Å². The van der Waals surface area contributed by atoms with Crippen LogP contribution in [0.2, 0.25) is 0 Å². The molecule has 1 saturated carbocycles. The van der Waals surface area contributed by atoms with Crippen LogP contribution in [0.5, 0.6) is 0 Å². The Morgan fingerprint density at radius 3 is 2.83 bits per heavy atom. The summed E-state index contributed by atoms with van der Waals surface area (Å²) in [5.41, 5.74) is 0. The topological polar surface area (TPSA) is 79.3 Å². The van der Waals surface area contributed by atoms with E-state index in [9.17, 15) is 4.57 Å². The van der Waals surface area contributed by atoms with Gasteiger partial charge in [0, 0.05) is 0 Å². The lowest BCUT2D eigenvalue weighted by Gasteiger charge is -2.18. The zero-order valence-corrected chi connectivity index (χ0v) is 7.31. The first-order valence-corrected chi connectivity index (χ1v) is 5.49. The van der Waals surface area contributed by atoms with Gasteiger partial charge in [0.25, 0.3) is 0 Å². The average Bonchev–Trinajstić information content (AvgIpc) is 2.62. The first-order valence-electron chi connectivity index (χ1n) is 3.96. The highest BCUT2D eigenvalue weighted by Gasteiger charge is 2.49. The molecule has 0 aromatic heterocycles. The van der Waals surface area contributed by atoms with Crippen molar-refractivity contribution in [1.82, 2.24) is 0 Å². The smallest absolute Gasteiger partial charge is 0.367 e. The van der Waals surface area contributed by atoms with Crippen LogP contribution in [0.3, 0.4) is 0 Å². The Hall–Kier alpha value is 0.0700. The predicted octanol–water partition coefficient (Wildman–Crippen LogP) is 0.416. The van der Waals surface area contributed by atoms with Crippen LogP contribution in [-0.4, -0.2) is 28.1 Å². The van der Waals surface area contributed by atoms with Crippen LogP contribution in [0, 0.1) is 0 Å². The fourth-order valence-electron chi connectivity index (χ4n) is 1.69. The highest BCUT2D eigenvalue weighted by atomic mass is 31.2. The predicted molar refractivity (Wildman–Crippen MR) is 39.4 cm³/mol. The molecule has 5 nitrogen and oxygen atoms in total. The minimum absolute atomic E-state index is 0.0635. The molecule has 3 unspecified atom stereocenters. The second-order valence-corrected chi connectivity index (χ2v) is 4.40. The molecule has 2 N–H and O–H groups in total. The zero-order valence-electron chi connectivity index (χ0n) is 6.42. The van der Waals surface area contributed by atoms with E-state index in [0.717, 1.165) is 12.8 Å². The van der Waals surface area contributed by atoms with E-state index >= 15 is 0 Å². The van der Waals surface area contributed by atoms with Gasteiger partial charge in [-0.15, -0.1) is 0 Å². The third-order valence-electron chi connectivity index (χ3n) is 2.24. The van der Waals surface area contributed by atoms with Crippen molar-refractivity contribution in [2.24, 2.45) is 0 Å². The zero-order chi connectivity index (χ0) is 8.77. The molecule has 70 valence electrons. The molecule has 12 heavy (non-hydrogen) atoms. The summed E-state index contributed by atoms with van der Waals surface area (Å²) in [5, 5.41) is 0. The minimum Gasteiger partial charge on any atom is -0.367 e. The van der Waals surface area contributed by atoms with Gasteiger partial charge in [-0.25, -0.2) is 4.57 Å². The summed E-state index contributed by atoms with van der Waals surface area (Å²) in [6, 6.07) is 0. The lowest BCUT2D eigenvalue weighted by atomic mass is 9.98. The van der Waals surface area contributed by atoms with Crippen molar-refractivity contribution in [2.75, 3.05) is 0 Å². The van der Waals surface area contributed by atoms with Crippen molar-refractivity contribution in [3.63, 3.8) is 0 Å². The van der Waals surface area contributed by atoms with Crippen molar-refractivity contribution in [3.05, 3.63) is 0 Å². The summed E-state index contributed by atoms with van der Waals surface area (Å²) in [7, 11) is -4.32.